The molecule has 3 rings (SSSR count). The Morgan fingerprint density at radius 2 is 2.15 bits per heavy atom. The molecular formula is C21H26N2O3S. The zero-order valence-corrected chi connectivity index (χ0v) is 16.8. The average molecular weight is 387 g/mol. The van der Waals surface area contributed by atoms with Crippen LogP contribution in [0, 0.1) is 0 Å². The van der Waals surface area contributed by atoms with Crippen molar-refractivity contribution in [2.75, 3.05) is 19.3 Å². The molecule has 6 heteroatoms. The van der Waals surface area contributed by atoms with Crippen LogP contribution in [-0.2, 0) is 0 Å². The first kappa shape index (κ1) is 19.7. The van der Waals surface area contributed by atoms with Crippen molar-refractivity contribution in [3.8, 4) is 5.75 Å². The van der Waals surface area contributed by atoms with E-state index in [0.717, 1.165) is 5.75 Å². The molecule has 1 aliphatic heterocycles. The number of likely N-dealkylation sites (tertiary alicyclic amines) is 1. The molecule has 27 heavy (non-hydrogen) atoms. The summed E-state index contributed by atoms with van der Waals surface area (Å²) in [5.41, 5.74) is 1.79. The maximum absolute atomic E-state index is 12.8. The molecule has 1 aliphatic rings. The fraction of sp³-hybridized carbons (Fsp3) is 0.429. The van der Waals surface area contributed by atoms with Gasteiger partial charge in [-0.25, -0.2) is 4.98 Å². The maximum Gasteiger partial charge on any atom is 0.256 e. The minimum absolute atomic E-state index is 0.0910. The number of aliphatic hydroxyl groups excluding tert-OH is 1. The van der Waals surface area contributed by atoms with E-state index in [1.54, 1.807) is 23.2 Å². The van der Waals surface area contributed by atoms with E-state index in [0.29, 0.717) is 29.5 Å². The third-order valence-electron chi connectivity index (χ3n) is 4.81. The standard InChI is InChI=1S/C21H26N2O3S/c1-14(2)15-6-4-7-16(12-15)26-19-9-11-23(13-18(19)24)21(25)17-8-5-10-22-20(17)27-3/h4-8,10,12,14,18-19,24H,9,11,13H2,1-3H3/t18-,19-/m1/s1. The van der Waals surface area contributed by atoms with Gasteiger partial charge in [0.05, 0.1) is 12.1 Å². The van der Waals surface area contributed by atoms with E-state index >= 15 is 0 Å². The molecule has 5 nitrogen and oxygen atoms in total. The van der Waals surface area contributed by atoms with E-state index in [1.807, 2.05) is 24.5 Å². The van der Waals surface area contributed by atoms with Crippen LogP contribution in [0.1, 0.15) is 42.1 Å². The number of thioether (sulfide) groups is 1. The van der Waals surface area contributed by atoms with Gasteiger partial charge in [-0.05, 0) is 42.0 Å². The number of aromatic nitrogens is 1. The Balaban J connectivity index is 1.65. The number of ether oxygens (including phenoxy) is 1. The summed E-state index contributed by atoms with van der Waals surface area (Å²) < 4.78 is 6.03. The summed E-state index contributed by atoms with van der Waals surface area (Å²) in [4.78, 5) is 18.8. The van der Waals surface area contributed by atoms with E-state index < -0.39 is 6.10 Å². The fourth-order valence-electron chi connectivity index (χ4n) is 3.24. The number of hydrogen-bond donors (Lipinski definition) is 1. The van der Waals surface area contributed by atoms with Crippen LogP contribution in [0.2, 0.25) is 0 Å². The van der Waals surface area contributed by atoms with Crippen LogP contribution in [0.4, 0.5) is 0 Å². The summed E-state index contributed by atoms with van der Waals surface area (Å²) in [6.07, 6.45) is 3.14. The van der Waals surface area contributed by atoms with E-state index in [9.17, 15) is 9.90 Å². The molecule has 2 heterocycles. The summed E-state index contributed by atoms with van der Waals surface area (Å²) in [5, 5.41) is 11.3. The van der Waals surface area contributed by atoms with Crippen molar-refractivity contribution in [3.05, 3.63) is 53.7 Å². The smallest absolute Gasteiger partial charge is 0.256 e. The topological polar surface area (TPSA) is 62.7 Å². The van der Waals surface area contributed by atoms with Gasteiger partial charge in [0, 0.05) is 19.2 Å². The Bertz CT molecular complexity index is 797. The lowest BCUT2D eigenvalue weighted by Gasteiger charge is -2.36. The van der Waals surface area contributed by atoms with Crippen LogP contribution < -0.4 is 4.74 Å². The second-order valence-corrected chi connectivity index (χ2v) is 7.85. The number of benzene rings is 1. The molecule has 0 aliphatic carbocycles. The highest BCUT2D eigenvalue weighted by Crippen LogP contribution is 2.25. The Morgan fingerprint density at radius 3 is 2.85 bits per heavy atom. The average Bonchev–Trinajstić information content (AvgIpc) is 2.69. The van der Waals surface area contributed by atoms with Gasteiger partial charge in [0.1, 0.15) is 23.0 Å². The maximum atomic E-state index is 12.8. The van der Waals surface area contributed by atoms with Crippen LogP contribution in [-0.4, -0.2) is 52.5 Å². The van der Waals surface area contributed by atoms with Crippen LogP contribution in [0.3, 0.4) is 0 Å². The number of carbonyl (C=O) groups excluding carboxylic acids is 1. The van der Waals surface area contributed by atoms with E-state index in [-0.39, 0.29) is 18.6 Å². The first-order chi connectivity index (χ1) is 13.0. The first-order valence-corrected chi connectivity index (χ1v) is 10.4. The molecule has 1 amide bonds. The number of amides is 1. The van der Waals surface area contributed by atoms with E-state index in [2.05, 4.69) is 24.9 Å². The number of β-amino-alcohol motifs (C(OH)–C–C–N with tert-alkyl or cyclic N) is 1. The third-order valence-corrected chi connectivity index (χ3v) is 5.53. The molecule has 0 radical (unpaired) electrons. The number of hydrogen-bond acceptors (Lipinski definition) is 5. The second-order valence-electron chi connectivity index (χ2n) is 7.05. The van der Waals surface area contributed by atoms with Gasteiger partial charge in [-0.1, -0.05) is 26.0 Å². The lowest BCUT2D eigenvalue weighted by molar-refractivity contribution is -0.0200. The Labute approximate surface area is 164 Å². The van der Waals surface area contributed by atoms with Crippen LogP contribution in [0.25, 0.3) is 0 Å². The van der Waals surface area contributed by atoms with Crippen molar-refractivity contribution in [1.29, 1.82) is 0 Å². The van der Waals surface area contributed by atoms with Gasteiger partial charge in [-0.2, -0.15) is 0 Å². The number of pyridine rings is 1. The van der Waals surface area contributed by atoms with E-state index in [1.165, 1.54) is 17.3 Å². The van der Waals surface area contributed by atoms with Gasteiger partial charge in [-0.3, -0.25) is 4.79 Å². The molecule has 0 bridgehead atoms. The molecule has 1 N–H and O–H groups in total. The molecule has 1 aromatic heterocycles. The normalized spacial score (nSPS) is 20.0. The number of nitrogens with zero attached hydrogens (tertiary/aromatic N) is 2. The molecular weight excluding hydrogens is 360 g/mol. The second kappa shape index (κ2) is 8.76. The quantitative estimate of drug-likeness (QED) is 0.796. The molecule has 0 spiro atoms. The molecule has 0 unspecified atom stereocenters. The number of rotatable bonds is 5. The number of piperidine rings is 1. The van der Waals surface area contributed by atoms with Gasteiger partial charge < -0.3 is 14.7 Å². The summed E-state index contributed by atoms with van der Waals surface area (Å²) in [5.74, 6) is 1.09. The van der Waals surface area contributed by atoms with Gasteiger partial charge >= 0.3 is 0 Å². The summed E-state index contributed by atoms with van der Waals surface area (Å²) in [6.45, 7) is 5.09. The van der Waals surface area contributed by atoms with Crippen molar-refractivity contribution in [2.24, 2.45) is 0 Å². The van der Waals surface area contributed by atoms with Crippen molar-refractivity contribution < 1.29 is 14.6 Å². The number of aliphatic hydroxyl groups is 1. The minimum Gasteiger partial charge on any atom is -0.488 e. The molecule has 1 fully saturated rings. The highest BCUT2D eigenvalue weighted by atomic mass is 32.2. The summed E-state index contributed by atoms with van der Waals surface area (Å²) in [7, 11) is 0. The minimum atomic E-state index is -0.722. The molecule has 1 aromatic carbocycles. The van der Waals surface area contributed by atoms with Gasteiger partial charge in [0.25, 0.3) is 5.91 Å². The van der Waals surface area contributed by atoms with Crippen molar-refractivity contribution in [2.45, 2.75) is 43.4 Å². The lowest BCUT2D eigenvalue weighted by Crippen LogP contribution is -2.51. The van der Waals surface area contributed by atoms with E-state index in [4.69, 9.17) is 4.74 Å². The predicted octanol–water partition coefficient (Wildman–Crippen LogP) is 3.58. The number of carbonyl (C=O) groups is 1. The van der Waals surface area contributed by atoms with Crippen LogP contribution in [0.15, 0.2) is 47.6 Å². The van der Waals surface area contributed by atoms with Gasteiger partial charge in [-0.15, -0.1) is 11.8 Å². The Morgan fingerprint density at radius 1 is 1.33 bits per heavy atom. The van der Waals surface area contributed by atoms with Gasteiger partial charge in [0.2, 0.25) is 0 Å². The Hall–Kier alpha value is -2.05. The van der Waals surface area contributed by atoms with Crippen molar-refractivity contribution in [3.63, 3.8) is 0 Å². The first-order valence-electron chi connectivity index (χ1n) is 9.22. The van der Waals surface area contributed by atoms with Crippen LogP contribution >= 0.6 is 11.8 Å². The summed E-state index contributed by atoms with van der Waals surface area (Å²) in [6, 6.07) is 11.5. The highest BCUT2D eigenvalue weighted by molar-refractivity contribution is 7.98. The fourth-order valence-corrected chi connectivity index (χ4v) is 3.78. The predicted molar refractivity (Wildman–Crippen MR) is 107 cm³/mol. The molecule has 0 saturated carbocycles. The van der Waals surface area contributed by atoms with Crippen molar-refractivity contribution >= 4 is 17.7 Å². The van der Waals surface area contributed by atoms with Crippen LogP contribution in [0.5, 0.6) is 5.75 Å². The SMILES string of the molecule is CSc1ncccc1C(=O)N1CC[C@@H](Oc2cccc(C(C)C)c2)[C@H](O)C1. The molecule has 144 valence electrons. The molecule has 2 atom stereocenters. The highest BCUT2D eigenvalue weighted by Gasteiger charge is 2.32. The Kier molecular flexibility index (Phi) is 6.39. The molecule has 2 aromatic rings. The lowest BCUT2D eigenvalue weighted by atomic mass is 10.0. The zero-order valence-electron chi connectivity index (χ0n) is 16.0. The third kappa shape index (κ3) is 4.62. The molecule has 1 saturated heterocycles. The zero-order chi connectivity index (χ0) is 19.4. The monoisotopic (exact) mass is 386 g/mol. The van der Waals surface area contributed by atoms with Gasteiger partial charge in [0.15, 0.2) is 0 Å². The van der Waals surface area contributed by atoms with Crippen molar-refractivity contribution in [1.82, 2.24) is 9.88 Å². The largest absolute Gasteiger partial charge is 0.488 e. The summed E-state index contributed by atoms with van der Waals surface area (Å²) >= 11 is 1.45.